The molecule has 2 amide bonds. The van der Waals surface area contributed by atoms with Crippen LogP contribution < -0.4 is 9.64 Å². The van der Waals surface area contributed by atoms with Crippen LogP contribution in [-0.2, 0) is 9.59 Å². The van der Waals surface area contributed by atoms with Crippen LogP contribution in [0, 0.1) is 30.6 Å². The quantitative estimate of drug-likeness (QED) is 0.621. The average Bonchev–Trinajstić information content (AvgIpc) is 3.30. The summed E-state index contributed by atoms with van der Waals surface area (Å²) < 4.78 is 5.85. The minimum absolute atomic E-state index is 0.0517. The Hall–Kier alpha value is -2.88. The predicted molar refractivity (Wildman–Crippen MR) is 97.9 cm³/mol. The molecule has 1 aliphatic heterocycles. The van der Waals surface area contributed by atoms with Crippen LogP contribution >= 0.6 is 0 Å². The van der Waals surface area contributed by atoms with Gasteiger partial charge in [-0.2, -0.15) is 0 Å². The van der Waals surface area contributed by atoms with Crippen molar-refractivity contribution in [1.29, 1.82) is 0 Å². The summed E-state index contributed by atoms with van der Waals surface area (Å²) in [6.45, 7) is 2.01. The number of aryl methyl sites for hydroxylation is 1. The Kier molecular flexibility index (Phi) is 3.29. The zero-order valence-electron chi connectivity index (χ0n) is 14.5. The molecule has 2 fully saturated rings. The molecule has 2 aliphatic carbocycles. The van der Waals surface area contributed by atoms with Crippen molar-refractivity contribution >= 4 is 17.5 Å². The topological polar surface area (TPSA) is 46.6 Å². The highest BCUT2D eigenvalue weighted by molar-refractivity contribution is 6.22. The summed E-state index contributed by atoms with van der Waals surface area (Å²) in [6.07, 6.45) is 5.17. The van der Waals surface area contributed by atoms with Crippen LogP contribution in [0.4, 0.5) is 5.69 Å². The third-order valence-corrected chi connectivity index (χ3v) is 5.79. The van der Waals surface area contributed by atoms with Crippen LogP contribution in [0.2, 0.25) is 0 Å². The van der Waals surface area contributed by atoms with E-state index in [0.717, 1.165) is 17.7 Å². The normalized spacial score (nSPS) is 28.7. The molecule has 1 saturated heterocycles. The van der Waals surface area contributed by atoms with E-state index in [-0.39, 0.29) is 35.5 Å². The number of amides is 2. The lowest BCUT2D eigenvalue weighted by molar-refractivity contribution is -0.123. The number of rotatable bonds is 3. The summed E-state index contributed by atoms with van der Waals surface area (Å²) in [5, 5.41) is 0. The summed E-state index contributed by atoms with van der Waals surface area (Å²) >= 11 is 0. The fourth-order valence-electron chi connectivity index (χ4n) is 4.63. The first kappa shape index (κ1) is 15.4. The van der Waals surface area contributed by atoms with Gasteiger partial charge in [0, 0.05) is 0 Å². The highest BCUT2D eigenvalue weighted by atomic mass is 16.5. The molecule has 0 spiro atoms. The van der Waals surface area contributed by atoms with Crippen molar-refractivity contribution in [3.8, 4) is 11.5 Å². The van der Waals surface area contributed by atoms with Crippen LogP contribution in [0.1, 0.15) is 12.0 Å². The predicted octanol–water partition coefficient (Wildman–Crippen LogP) is 4.10. The molecule has 1 saturated carbocycles. The fraction of sp³-hybridized carbons (Fsp3) is 0.273. The molecule has 2 aromatic rings. The van der Waals surface area contributed by atoms with Gasteiger partial charge in [0.1, 0.15) is 11.5 Å². The molecule has 130 valence electrons. The van der Waals surface area contributed by atoms with Crippen LogP contribution in [0.5, 0.6) is 11.5 Å². The summed E-state index contributed by atoms with van der Waals surface area (Å²) in [4.78, 5) is 27.1. The van der Waals surface area contributed by atoms with Gasteiger partial charge in [-0.15, -0.1) is 0 Å². The van der Waals surface area contributed by atoms with Crippen molar-refractivity contribution in [2.45, 2.75) is 13.3 Å². The van der Waals surface area contributed by atoms with Gasteiger partial charge in [-0.05, 0) is 67.1 Å². The van der Waals surface area contributed by atoms with Crippen molar-refractivity contribution in [3.05, 3.63) is 66.2 Å². The van der Waals surface area contributed by atoms with Crippen LogP contribution in [-0.4, -0.2) is 11.8 Å². The van der Waals surface area contributed by atoms with Crippen molar-refractivity contribution in [1.82, 2.24) is 0 Å². The second-order valence-corrected chi connectivity index (χ2v) is 7.42. The number of nitrogens with zero attached hydrogens (tertiary/aromatic N) is 1. The summed E-state index contributed by atoms with van der Waals surface area (Å²) in [6, 6.07) is 15.0. The molecule has 4 heteroatoms. The van der Waals surface area contributed by atoms with E-state index >= 15 is 0 Å². The maximum atomic E-state index is 12.8. The zero-order chi connectivity index (χ0) is 17.8. The lowest BCUT2D eigenvalue weighted by Gasteiger charge is -2.17. The van der Waals surface area contributed by atoms with Gasteiger partial charge in [0.2, 0.25) is 11.8 Å². The standard InChI is InChI=1S/C22H19NO3/c1-13-3-2-4-18(11-13)26-17-9-7-16(8-10-17)23-21(24)19-14-5-6-15(12-14)20(19)22(23)25/h2-11,14-15,19-20H,12H2,1H3/t14-,15+,19-,20-/m0/s1. The SMILES string of the molecule is Cc1cccc(Oc2ccc(N3C(=O)[C@@H]4[C@@H](C3=O)[C@H]3C=C[C@@H]4C3)cc2)c1. The third-order valence-electron chi connectivity index (χ3n) is 5.79. The molecule has 0 radical (unpaired) electrons. The Morgan fingerprint density at radius 1 is 0.885 bits per heavy atom. The molecule has 3 aliphatic rings. The van der Waals surface area contributed by atoms with E-state index in [1.807, 2.05) is 31.2 Å². The van der Waals surface area contributed by atoms with Crippen molar-refractivity contribution < 1.29 is 14.3 Å². The molecule has 0 aromatic heterocycles. The van der Waals surface area contributed by atoms with Crippen LogP contribution in [0.3, 0.4) is 0 Å². The Morgan fingerprint density at radius 2 is 1.54 bits per heavy atom. The molecule has 5 rings (SSSR count). The van der Waals surface area contributed by atoms with Crippen molar-refractivity contribution in [2.75, 3.05) is 4.90 Å². The van der Waals surface area contributed by atoms with Gasteiger partial charge >= 0.3 is 0 Å². The molecular weight excluding hydrogens is 326 g/mol. The highest BCUT2D eigenvalue weighted by Gasteiger charge is 2.59. The van der Waals surface area contributed by atoms with E-state index in [9.17, 15) is 9.59 Å². The van der Waals surface area contributed by atoms with Crippen molar-refractivity contribution in [2.24, 2.45) is 23.7 Å². The number of imide groups is 1. The molecule has 2 aromatic carbocycles. The third kappa shape index (κ3) is 2.22. The lowest BCUT2D eigenvalue weighted by Crippen LogP contribution is -2.32. The second-order valence-electron chi connectivity index (χ2n) is 7.42. The highest BCUT2D eigenvalue weighted by Crippen LogP contribution is 2.53. The molecule has 2 bridgehead atoms. The number of benzene rings is 2. The molecule has 26 heavy (non-hydrogen) atoms. The van der Waals surface area contributed by atoms with Crippen LogP contribution in [0.15, 0.2) is 60.7 Å². The summed E-state index contributed by atoms with van der Waals surface area (Å²) in [7, 11) is 0. The number of anilines is 1. The van der Waals surface area contributed by atoms with Gasteiger partial charge < -0.3 is 4.74 Å². The molecule has 4 nitrogen and oxygen atoms in total. The first-order valence-corrected chi connectivity index (χ1v) is 9.02. The Morgan fingerprint density at radius 3 is 2.15 bits per heavy atom. The number of ether oxygens (including phenoxy) is 1. The Bertz CT molecular complexity index is 901. The smallest absolute Gasteiger partial charge is 0.238 e. The molecular formula is C22H19NO3. The number of carbonyl (C=O) groups is 2. The van der Waals surface area contributed by atoms with Gasteiger partial charge in [-0.25, -0.2) is 0 Å². The van der Waals surface area contributed by atoms with Crippen molar-refractivity contribution in [3.63, 3.8) is 0 Å². The van der Waals surface area contributed by atoms with Crippen LogP contribution in [0.25, 0.3) is 0 Å². The number of allylic oxidation sites excluding steroid dienone is 2. The minimum atomic E-state index is -0.166. The largest absolute Gasteiger partial charge is 0.457 e. The van der Waals surface area contributed by atoms with Gasteiger partial charge in [0.15, 0.2) is 0 Å². The van der Waals surface area contributed by atoms with Gasteiger partial charge in [-0.1, -0.05) is 24.3 Å². The average molecular weight is 345 g/mol. The molecule has 4 atom stereocenters. The maximum absolute atomic E-state index is 12.8. The monoisotopic (exact) mass is 345 g/mol. The molecule has 0 unspecified atom stereocenters. The van der Waals surface area contributed by atoms with Gasteiger partial charge in [-0.3, -0.25) is 14.5 Å². The van der Waals surface area contributed by atoms with E-state index in [1.165, 1.54) is 4.90 Å². The van der Waals surface area contributed by atoms with Gasteiger partial charge in [0.05, 0.1) is 17.5 Å². The zero-order valence-corrected chi connectivity index (χ0v) is 14.5. The minimum Gasteiger partial charge on any atom is -0.457 e. The Balaban J connectivity index is 1.38. The molecule has 0 N–H and O–H groups in total. The van der Waals surface area contributed by atoms with Gasteiger partial charge in [0.25, 0.3) is 0 Å². The molecule has 1 heterocycles. The van der Waals surface area contributed by atoms with E-state index < -0.39 is 0 Å². The number of carbonyl (C=O) groups excluding carboxylic acids is 2. The lowest BCUT2D eigenvalue weighted by atomic mass is 9.85. The first-order valence-electron chi connectivity index (χ1n) is 9.02. The summed E-state index contributed by atoms with van der Waals surface area (Å²) in [5.41, 5.74) is 1.76. The summed E-state index contributed by atoms with van der Waals surface area (Å²) in [5.74, 6) is 1.48. The number of hydrogen-bond donors (Lipinski definition) is 0. The first-order chi connectivity index (χ1) is 12.6. The van der Waals surface area contributed by atoms with E-state index in [4.69, 9.17) is 4.74 Å². The van der Waals surface area contributed by atoms with E-state index in [1.54, 1.807) is 24.3 Å². The fourth-order valence-corrected chi connectivity index (χ4v) is 4.63. The van der Waals surface area contributed by atoms with E-state index in [2.05, 4.69) is 12.2 Å². The number of hydrogen-bond acceptors (Lipinski definition) is 3. The maximum Gasteiger partial charge on any atom is 0.238 e. The number of fused-ring (bicyclic) bond motifs is 5. The second kappa shape index (κ2) is 5.56. The Labute approximate surface area is 152 Å². The van der Waals surface area contributed by atoms with E-state index in [0.29, 0.717) is 11.4 Å².